The summed E-state index contributed by atoms with van der Waals surface area (Å²) in [7, 11) is 0. The molecule has 0 spiro atoms. The van der Waals surface area contributed by atoms with Crippen LogP contribution in [-0.4, -0.2) is 42.5 Å². The maximum absolute atomic E-state index is 2.65. The van der Waals surface area contributed by atoms with Crippen LogP contribution in [0.3, 0.4) is 0 Å². The zero-order valence-corrected chi connectivity index (χ0v) is 12.2. The average Bonchev–Trinajstić information content (AvgIpc) is 2.46. The SMILES string of the molecule is Cc1ccc2c(c1)CN(CCN1CCCCC1)CC2. The Labute approximate surface area is 117 Å². The van der Waals surface area contributed by atoms with Gasteiger partial charge in [-0.15, -0.1) is 0 Å². The van der Waals surface area contributed by atoms with Crippen molar-refractivity contribution in [3.63, 3.8) is 0 Å². The van der Waals surface area contributed by atoms with Crippen molar-refractivity contribution in [3.05, 3.63) is 34.9 Å². The van der Waals surface area contributed by atoms with E-state index in [0.717, 1.165) is 6.54 Å². The van der Waals surface area contributed by atoms with Crippen LogP contribution >= 0.6 is 0 Å². The summed E-state index contributed by atoms with van der Waals surface area (Å²) in [6.07, 6.45) is 5.48. The Balaban J connectivity index is 1.53. The normalized spacial score (nSPS) is 21.3. The van der Waals surface area contributed by atoms with Gasteiger partial charge in [-0.3, -0.25) is 4.90 Å². The van der Waals surface area contributed by atoms with Crippen LogP contribution in [0.5, 0.6) is 0 Å². The molecule has 2 heterocycles. The number of benzene rings is 1. The van der Waals surface area contributed by atoms with Gasteiger partial charge in [-0.05, 0) is 50.4 Å². The molecule has 0 unspecified atom stereocenters. The first-order chi connectivity index (χ1) is 9.31. The van der Waals surface area contributed by atoms with Crippen LogP contribution in [0.1, 0.15) is 36.0 Å². The first-order valence-corrected chi connectivity index (χ1v) is 7.84. The summed E-state index contributed by atoms with van der Waals surface area (Å²) < 4.78 is 0. The van der Waals surface area contributed by atoms with Gasteiger partial charge in [-0.1, -0.05) is 30.2 Å². The Morgan fingerprint density at radius 2 is 1.68 bits per heavy atom. The van der Waals surface area contributed by atoms with Crippen molar-refractivity contribution in [1.29, 1.82) is 0 Å². The molecular formula is C17H26N2. The number of nitrogens with zero attached hydrogens (tertiary/aromatic N) is 2. The number of fused-ring (bicyclic) bond motifs is 1. The molecule has 0 radical (unpaired) electrons. The van der Waals surface area contributed by atoms with Gasteiger partial charge in [0.1, 0.15) is 0 Å². The molecule has 1 saturated heterocycles. The fraction of sp³-hybridized carbons (Fsp3) is 0.647. The molecule has 0 aliphatic carbocycles. The third-order valence-electron chi connectivity index (χ3n) is 4.63. The van der Waals surface area contributed by atoms with Crippen molar-refractivity contribution in [3.8, 4) is 0 Å². The highest BCUT2D eigenvalue weighted by Gasteiger charge is 2.17. The summed E-state index contributed by atoms with van der Waals surface area (Å²) in [5, 5.41) is 0. The average molecular weight is 258 g/mol. The summed E-state index contributed by atoms with van der Waals surface area (Å²) in [4.78, 5) is 5.28. The lowest BCUT2D eigenvalue weighted by molar-refractivity contribution is 0.173. The Hall–Kier alpha value is -0.860. The first kappa shape index (κ1) is 13.1. The minimum atomic E-state index is 1.16. The second kappa shape index (κ2) is 6.06. The minimum absolute atomic E-state index is 1.16. The van der Waals surface area contributed by atoms with Crippen LogP contribution in [0, 0.1) is 6.92 Å². The largest absolute Gasteiger partial charge is 0.302 e. The Kier molecular flexibility index (Phi) is 4.19. The maximum atomic E-state index is 2.65. The van der Waals surface area contributed by atoms with Crippen LogP contribution in [0.2, 0.25) is 0 Å². The van der Waals surface area contributed by atoms with Gasteiger partial charge in [0, 0.05) is 26.2 Å². The molecule has 19 heavy (non-hydrogen) atoms. The van der Waals surface area contributed by atoms with Crippen LogP contribution in [0.15, 0.2) is 18.2 Å². The monoisotopic (exact) mass is 258 g/mol. The number of hydrogen-bond donors (Lipinski definition) is 0. The highest BCUT2D eigenvalue weighted by atomic mass is 15.2. The van der Waals surface area contributed by atoms with Crippen LogP contribution in [0.25, 0.3) is 0 Å². The predicted molar refractivity (Wildman–Crippen MR) is 80.5 cm³/mol. The van der Waals surface area contributed by atoms with Crippen molar-refractivity contribution >= 4 is 0 Å². The van der Waals surface area contributed by atoms with E-state index in [0.29, 0.717) is 0 Å². The van der Waals surface area contributed by atoms with E-state index < -0.39 is 0 Å². The number of likely N-dealkylation sites (tertiary alicyclic amines) is 1. The lowest BCUT2D eigenvalue weighted by Gasteiger charge is -2.32. The molecule has 2 nitrogen and oxygen atoms in total. The van der Waals surface area contributed by atoms with E-state index >= 15 is 0 Å². The van der Waals surface area contributed by atoms with E-state index in [1.165, 1.54) is 64.0 Å². The minimum Gasteiger partial charge on any atom is -0.302 e. The quantitative estimate of drug-likeness (QED) is 0.822. The summed E-state index contributed by atoms with van der Waals surface area (Å²) >= 11 is 0. The van der Waals surface area contributed by atoms with E-state index in [-0.39, 0.29) is 0 Å². The summed E-state index contributed by atoms with van der Waals surface area (Å²) in [6.45, 7) is 9.75. The molecule has 0 N–H and O–H groups in total. The van der Waals surface area contributed by atoms with Gasteiger partial charge in [0.25, 0.3) is 0 Å². The third-order valence-corrected chi connectivity index (χ3v) is 4.63. The lowest BCUT2D eigenvalue weighted by atomic mass is 9.98. The van der Waals surface area contributed by atoms with Crippen molar-refractivity contribution in [2.24, 2.45) is 0 Å². The van der Waals surface area contributed by atoms with Crippen molar-refractivity contribution in [1.82, 2.24) is 9.80 Å². The van der Waals surface area contributed by atoms with Gasteiger partial charge in [-0.2, -0.15) is 0 Å². The highest BCUT2D eigenvalue weighted by Crippen LogP contribution is 2.20. The molecule has 0 atom stereocenters. The standard InChI is InChI=1S/C17H26N2/c1-15-5-6-16-7-10-19(14-17(16)13-15)12-11-18-8-3-2-4-9-18/h5-6,13H,2-4,7-12,14H2,1H3. The van der Waals surface area contributed by atoms with Crippen LogP contribution < -0.4 is 0 Å². The molecule has 2 heteroatoms. The van der Waals surface area contributed by atoms with Crippen LogP contribution in [0.4, 0.5) is 0 Å². The van der Waals surface area contributed by atoms with E-state index in [4.69, 9.17) is 0 Å². The molecule has 2 aliphatic rings. The zero-order chi connectivity index (χ0) is 13.1. The lowest BCUT2D eigenvalue weighted by Crippen LogP contribution is -2.39. The van der Waals surface area contributed by atoms with Gasteiger partial charge in [0.05, 0.1) is 0 Å². The predicted octanol–water partition coefficient (Wildman–Crippen LogP) is 2.84. The van der Waals surface area contributed by atoms with Crippen molar-refractivity contribution < 1.29 is 0 Å². The molecule has 0 aromatic heterocycles. The summed E-state index contributed by atoms with van der Waals surface area (Å²) in [5.41, 5.74) is 4.53. The fourth-order valence-electron chi connectivity index (χ4n) is 3.40. The van der Waals surface area contributed by atoms with E-state index in [9.17, 15) is 0 Å². The second-order valence-electron chi connectivity index (χ2n) is 6.20. The van der Waals surface area contributed by atoms with Crippen molar-refractivity contribution in [2.45, 2.75) is 39.2 Å². The molecular weight excluding hydrogens is 232 g/mol. The Bertz CT molecular complexity index is 421. The topological polar surface area (TPSA) is 6.48 Å². The molecule has 0 amide bonds. The molecule has 0 saturated carbocycles. The molecule has 2 aliphatic heterocycles. The smallest absolute Gasteiger partial charge is 0.0237 e. The number of aryl methyl sites for hydroxylation is 1. The second-order valence-corrected chi connectivity index (χ2v) is 6.20. The van der Waals surface area contributed by atoms with Gasteiger partial charge in [-0.25, -0.2) is 0 Å². The molecule has 1 aromatic carbocycles. The molecule has 3 rings (SSSR count). The Morgan fingerprint density at radius 3 is 2.53 bits per heavy atom. The van der Waals surface area contributed by atoms with Gasteiger partial charge in [0.2, 0.25) is 0 Å². The molecule has 1 fully saturated rings. The van der Waals surface area contributed by atoms with E-state index in [1.54, 1.807) is 11.1 Å². The van der Waals surface area contributed by atoms with E-state index in [1.807, 2.05) is 0 Å². The molecule has 0 bridgehead atoms. The van der Waals surface area contributed by atoms with Gasteiger partial charge in [0.15, 0.2) is 0 Å². The first-order valence-electron chi connectivity index (χ1n) is 7.84. The van der Waals surface area contributed by atoms with Crippen LogP contribution in [-0.2, 0) is 13.0 Å². The van der Waals surface area contributed by atoms with Gasteiger partial charge < -0.3 is 4.90 Å². The number of hydrogen-bond acceptors (Lipinski definition) is 2. The Morgan fingerprint density at radius 1 is 0.895 bits per heavy atom. The molecule has 104 valence electrons. The summed E-state index contributed by atoms with van der Waals surface area (Å²) in [5.74, 6) is 0. The maximum Gasteiger partial charge on any atom is 0.0237 e. The number of piperidine rings is 1. The fourth-order valence-corrected chi connectivity index (χ4v) is 3.40. The number of rotatable bonds is 3. The van der Waals surface area contributed by atoms with E-state index in [2.05, 4.69) is 34.9 Å². The van der Waals surface area contributed by atoms with Gasteiger partial charge >= 0.3 is 0 Å². The third kappa shape index (κ3) is 3.37. The van der Waals surface area contributed by atoms with Crippen molar-refractivity contribution in [2.75, 3.05) is 32.7 Å². The zero-order valence-electron chi connectivity index (χ0n) is 12.2. The summed E-state index contributed by atoms with van der Waals surface area (Å²) in [6, 6.07) is 6.96. The molecule has 1 aromatic rings. The highest BCUT2D eigenvalue weighted by molar-refractivity contribution is 5.33.